The molecule has 0 bridgehead atoms. The molecular formula is C6H7N5O3S2. The minimum Gasteiger partial charge on any atom is -0.431 e. The first-order chi connectivity index (χ1) is 7.47. The lowest BCUT2D eigenvalue weighted by Gasteiger charge is -1.98. The summed E-state index contributed by atoms with van der Waals surface area (Å²) in [5.74, 6) is 0. The lowest BCUT2D eigenvalue weighted by Crippen LogP contribution is -2.12. The maximum atomic E-state index is 11.7. The minimum atomic E-state index is -3.82. The second kappa shape index (κ2) is 3.72. The van der Waals surface area contributed by atoms with E-state index in [1.54, 1.807) is 6.92 Å². The van der Waals surface area contributed by atoms with Crippen molar-refractivity contribution in [3.05, 3.63) is 12.0 Å². The molecule has 3 N–H and O–H groups in total. The molecule has 2 aromatic heterocycles. The molecule has 0 aromatic carbocycles. The van der Waals surface area contributed by atoms with Crippen molar-refractivity contribution in [3.63, 3.8) is 0 Å². The zero-order chi connectivity index (χ0) is 11.8. The fourth-order valence-corrected chi connectivity index (χ4v) is 2.61. The van der Waals surface area contributed by atoms with Crippen LogP contribution in [0.5, 0.6) is 0 Å². The summed E-state index contributed by atoms with van der Waals surface area (Å²) in [5, 5.41) is 6.89. The molecule has 10 heteroatoms. The molecule has 0 atom stereocenters. The van der Waals surface area contributed by atoms with Crippen molar-refractivity contribution >= 4 is 32.5 Å². The molecular weight excluding hydrogens is 254 g/mol. The highest BCUT2D eigenvalue weighted by Gasteiger charge is 2.21. The van der Waals surface area contributed by atoms with E-state index in [4.69, 9.17) is 10.2 Å². The van der Waals surface area contributed by atoms with E-state index in [0.717, 1.165) is 11.3 Å². The first-order valence-electron chi connectivity index (χ1n) is 4.01. The van der Waals surface area contributed by atoms with Gasteiger partial charge in [0.15, 0.2) is 0 Å². The van der Waals surface area contributed by atoms with Crippen LogP contribution in [0.2, 0.25) is 0 Å². The van der Waals surface area contributed by atoms with Crippen LogP contribution >= 0.6 is 11.3 Å². The number of nitrogens with one attached hydrogen (secondary N) is 1. The predicted molar refractivity (Wildman–Crippen MR) is 56.4 cm³/mol. The Morgan fingerprint density at radius 3 is 2.75 bits per heavy atom. The maximum absolute atomic E-state index is 11.7. The van der Waals surface area contributed by atoms with E-state index < -0.39 is 10.0 Å². The van der Waals surface area contributed by atoms with Crippen LogP contribution in [0.1, 0.15) is 5.69 Å². The zero-order valence-electron chi connectivity index (χ0n) is 8.04. The van der Waals surface area contributed by atoms with E-state index in [1.165, 1.54) is 6.26 Å². The van der Waals surface area contributed by atoms with E-state index in [0.29, 0.717) is 5.69 Å². The Labute approximate surface area is 94.6 Å². The minimum absolute atomic E-state index is 0.0731. The van der Waals surface area contributed by atoms with Crippen molar-refractivity contribution in [2.75, 3.05) is 10.5 Å². The Morgan fingerprint density at radius 2 is 2.25 bits per heavy atom. The third-order valence-corrected chi connectivity index (χ3v) is 3.93. The van der Waals surface area contributed by atoms with E-state index in [9.17, 15) is 8.42 Å². The molecule has 16 heavy (non-hydrogen) atoms. The van der Waals surface area contributed by atoms with Gasteiger partial charge in [0.05, 0.1) is 5.69 Å². The Hall–Kier alpha value is -1.68. The lowest BCUT2D eigenvalue weighted by molar-refractivity contribution is 0.569. The van der Waals surface area contributed by atoms with Crippen molar-refractivity contribution in [1.82, 2.24) is 15.2 Å². The summed E-state index contributed by atoms with van der Waals surface area (Å²) in [6.07, 6.45) is 1.33. The Bertz CT molecular complexity index is 601. The van der Waals surface area contributed by atoms with Gasteiger partial charge in [-0.3, -0.25) is 0 Å². The molecule has 2 aromatic rings. The highest BCUT2D eigenvalue weighted by Crippen LogP contribution is 2.19. The van der Waals surface area contributed by atoms with Gasteiger partial charge in [0, 0.05) is 0 Å². The molecule has 0 aliphatic heterocycles. The average Bonchev–Trinajstić information content (AvgIpc) is 2.75. The zero-order valence-corrected chi connectivity index (χ0v) is 9.67. The fourth-order valence-electron chi connectivity index (χ4n) is 0.888. The topological polar surface area (TPSA) is 124 Å². The number of nitrogen functional groups attached to an aromatic ring is 1. The fraction of sp³-hybridized carbons (Fsp3) is 0.167. The summed E-state index contributed by atoms with van der Waals surface area (Å²) < 4.78 is 30.1. The molecule has 2 heterocycles. The number of aromatic nitrogens is 3. The molecule has 8 nitrogen and oxygen atoms in total. The summed E-state index contributed by atoms with van der Waals surface area (Å²) in [4.78, 5) is 3.80. The van der Waals surface area contributed by atoms with Crippen molar-refractivity contribution in [2.45, 2.75) is 11.3 Å². The van der Waals surface area contributed by atoms with Gasteiger partial charge in [-0.05, 0) is 6.92 Å². The molecule has 86 valence electrons. The van der Waals surface area contributed by atoms with Gasteiger partial charge in [0.25, 0.3) is 14.4 Å². The third kappa shape index (κ3) is 2.12. The number of nitrogens with two attached hydrogens (primary N) is 1. The molecule has 0 radical (unpaired) electrons. The van der Waals surface area contributed by atoms with Gasteiger partial charge in [0.2, 0.25) is 5.13 Å². The number of anilines is 2. The van der Waals surface area contributed by atoms with Gasteiger partial charge in [0.1, 0.15) is 6.26 Å². The first-order valence-corrected chi connectivity index (χ1v) is 6.31. The smallest absolute Gasteiger partial charge is 0.309 e. The third-order valence-electron chi connectivity index (χ3n) is 1.49. The number of sulfonamides is 1. The molecule has 0 saturated heterocycles. The molecule has 2 rings (SSSR count). The number of hydrogen-bond donors (Lipinski definition) is 2. The van der Waals surface area contributed by atoms with Crippen LogP contribution in [0, 0.1) is 6.92 Å². The van der Waals surface area contributed by atoms with Crippen LogP contribution in [0.25, 0.3) is 0 Å². The van der Waals surface area contributed by atoms with Crippen LogP contribution in [-0.4, -0.2) is 23.6 Å². The van der Waals surface area contributed by atoms with Gasteiger partial charge >= 0.3 is 6.01 Å². The molecule has 0 aliphatic carbocycles. The Kier molecular flexibility index (Phi) is 2.52. The van der Waals surface area contributed by atoms with Crippen LogP contribution < -0.4 is 10.5 Å². The van der Waals surface area contributed by atoms with Gasteiger partial charge in [-0.1, -0.05) is 11.3 Å². The lowest BCUT2D eigenvalue weighted by atomic mass is 10.6. The maximum Gasteiger partial charge on any atom is 0.309 e. The number of oxazole rings is 1. The summed E-state index contributed by atoms with van der Waals surface area (Å²) in [6.45, 7) is 1.67. The van der Waals surface area contributed by atoms with E-state index >= 15 is 0 Å². The molecule has 0 spiro atoms. The van der Waals surface area contributed by atoms with Crippen LogP contribution in [0.4, 0.5) is 11.1 Å². The molecule has 0 amide bonds. The second-order valence-corrected chi connectivity index (χ2v) is 5.67. The highest BCUT2D eigenvalue weighted by molar-refractivity contribution is 7.94. The number of nitrogens with zero attached hydrogens (tertiary/aromatic N) is 3. The first kappa shape index (κ1) is 10.8. The van der Waals surface area contributed by atoms with Crippen LogP contribution in [-0.2, 0) is 10.0 Å². The molecule has 0 aliphatic rings. The van der Waals surface area contributed by atoms with Crippen molar-refractivity contribution in [2.24, 2.45) is 0 Å². The largest absolute Gasteiger partial charge is 0.431 e. The van der Waals surface area contributed by atoms with Gasteiger partial charge in [-0.15, -0.1) is 10.2 Å². The second-order valence-electron chi connectivity index (χ2n) is 2.81. The molecule has 0 fully saturated rings. The number of hydrogen-bond acceptors (Lipinski definition) is 8. The number of aryl methyl sites for hydroxylation is 1. The highest BCUT2D eigenvalue weighted by atomic mass is 32.2. The van der Waals surface area contributed by atoms with Crippen LogP contribution in [0.15, 0.2) is 15.0 Å². The SMILES string of the molecule is Cc1coc(NS(=O)(=O)c2nnc(N)s2)n1. The average molecular weight is 261 g/mol. The van der Waals surface area contributed by atoms with Crippen LogP contribution in [0.3, 0.4) is 0 Å². The normalized spacial score (nSPS) is 11.6. The predicted octanol–water partition coefficient (Wildman–Crippen LogP) is 0.218. The van der Waals surface area contributed by atoms with E-state index in [-0.39, 0.29) is 15.5 Å². The molecule has 0 unspecified atom stereocenters. The van der Waals surface area contributed by atoms with E-state index in [1.807, 2.05) is 0 Å². The monoisotopic (exact) mass is 261 g/mol. The standard InChI is InChI=1S/C6H7N5O3S2/c1-3-2-14-5(8-3)11-16(12,13)6-10-9-4(7)15-6/h2H,1H3,(H2,7,9)(H,8,11). The molecule has 0 saturated carbocycles. The van der Waals surface area contributed by atoms with Gasteiger partial charge in [-0.2, -0.15) is 13.4 Å². The number of rotatable bonds is 3. The van der Waals surface area contributed by atoms with Crippen molar-refractivity contribution in [3.8, 4) is 0 Å². The van der Waals surface area contributed by atoms with Crippen molar-refractivity contribution < 1.29 is 12.8 Å². The summed E-state index contributed by atoms with van der Waals surface area (Å²) in [6, 6.07) is -0.119. The Morgan fingerprint density at radius 1 is 1.50 bits per heavy atom. The summed E-state index contributed by atoms with van der Waals surface area (Å²) in [5.41, 5.74) is 5.85. The van der Waals surface area contributed by atoms with Crippen molar-refractivity contribution in [1.29, 1.82) is 0 Å². The Balaban J connectivity index is 2.27. The quantitative estimate of drug-likeness (QED) is 0.809. The van der Waals surface area contributed by atoms with Gasteiger partial charge < -0.3 is 10.2 Å². The summed E-state index contributed by atoms with van der Waals surface area (Å²) in [7, 11) is -3.82. The van der Waals surface area contributed by atoms with E-state index in [2.05, 4.69) is 19.9 Å². The summed E-state index contributed by atoms with van der Waals surface area (Å²) >= 11 is 0.756. The van der Waals surface area contributed by atoms with Gasteiger partial charge in [-0.25, -0.2) is 4.72 Å².